The number of aromatic amines is 1. The van der Waals surface area contributed by atoms with Crippen LogP contribution >= 0.6 is 0 Å². The van der Waals surface area contributed by atoms with Gasteiger partial charge in [0.15, 0.2) is 0 Å². The highest BCUT2D eigenvalue weighted by Gasteiger charge is 2.36. The first-order valence-electron chi connectivity index (χ1n) is 6.60. The molecule has 1 unspecified atom stereocenters. The summed E-state index contributed by atoms with van der Waals surface area (Å²) in [7, 11) is 1.84. The van der Waals surface area contributed by atoms with Crippen LogP contribution in [0.5, 0.6) is 0 Å². The lowest BCUT2D eigenvalue weighted by molar-refractivity contribution is 0.0234. The lowest BCUT2D eigenvalue weighted by Gasteiger charge is -2.37. The van der Waals surface area contributed by atoms with Crippen LogP contribution in [0.25, 0.3) is 0 Å². The van der Waals surface area contributed by atoms with Crippen molar-refractivity contribution in [2.24, 2.45) is 13.0 Å². The van der Waals surface area contributed by atoms with E-state index in [-0.39, 0.29) is 24.0 Å². The maximum Gasteiger partial charge on any atom is 0.269 e. The SMILES string of the molecule is Cn1cc(C(NC(=O)c2ccn[nH]2)C2CC(O)C2)cn1. The zero-order valence-corrected chi connectivity index (χ0v) is 11.2. The molecule has 0 spiro atoms. The Bertz CT molecular complexity index is 586. The van der Waals surface area contributed by atoms with Gasteiger partial charge in [-0.05, 0) is 24.8 Å². The highest BCUT2D eigenvalue weighted by atomic mass is 16.3. The van der Waals surface area contributed by atoms with Gasteiger partial charge in [-0.3, -0.25) is 14.6 Å². The summed E-state index contributed by atoms with van der Waals surface area (Å²) in [5.41, 5.74) is 1.39. The molecular weight excluding hydrogens is 258 g/mol. The number of aliphatic hydroxyl groups is 1. The van der Waals surface area contributed by atoms with Gasteiger partial charge in [-0.1, -0.05) is 0 Å². The zero-order chi connectivity index (χ0) is 14.1. The molecule has 3 N–H and O–H groups in total. The Morgan fingerprint density at radius 3 is 2.95 bits per heavy atom. The summed E-state index contributed by atoms with van der Waals surface area (Å²) in [4.78, 5) is 12.2. The minimum absolute atomic E-state index is 0.136. The highest BCUT2D eigenvalue weighted by Crippen LogP contribution is 2.38. The van der Waals surface area contributed by atoms with Gasteiger partial charge >= 0.3 is 0 Å². The predicted octanol–water partition coefficient (Wildman–Crippen LogP) is 0.385. The number of aryl methyl sites for hydroxylation is 1. The average Bonchev–Trinajstić information content (AvgIpc) is 3.03. The highest BCUT2D eigenvalue weighted by molar-refractivity contribution is 5.92. The summed E-state index contributed by atoms with van der Waals surface area (Å²) in [6.45, 7) is 0. The number of carbonyl (C=O) groups excluding carboxylic acids is 1. The van der Waals surface area contributed by atoms with Crippen molar-refractivity contribution in [2.75, 3.05) is 0 Å². The molecule has 1 atom stereocenters. The topological polar surface area (TPSA) is 95.8 Å². The number of H-pyrrole nitrogens is 1. The van der Waals surface area contributed by atoms with Crippen molar-refractivity contribution >= 4 is 5.91 Å². The van der Waals surface area contributed by atoms with Crippen LogP contribution in [-0.2, 0) is 7.05 Å². The van der Waals surface area contributed by atoms with Gasteiger partial charge in [0.05, 0.1) is 18.3 Å². The lowest BCUT2D eigenvalue weighted by atomic mass is 9.75. The molecule has 20 heavy (non-hydrogen) atoms. The molecule has 1 saturated carbocycles. The van der Waals surface area contributed by atoms with Gasteiger partial charge in [-0.25, -0.2) is 0 Å². The van der Waals surface area contributed by atoms with E-state index in [0.717, 1.165) is 5.56 Å². The number of aliphatic hydroxyl groups excluding tert-OH is 1. The van der Waals surface area contributed by atoms with Crippen LogP contribution in [0.4, 0.5) is 0 Å². The second-order valence-electron chi connectivity index (χ2n) is 5.25. The van der Waals surface area contributed by atoms with Gasteiger partial charge in [-0.2, -0.15) is 10.2 Å². The Morgan fingerprint density at radius 1 is 1.60 bits per heavy atom. The van der Waals surface area contributed by atoms with E-state index in [1.807, 2.05) is 13.2 Å². The number of rotatable bonds is 4. The van der Waals surface area contributed by atoms with Gasteiger partial charge in [0, 0.05) is 25.0 Å². The van der Waals surface area contributed by atoms with E-state index < -0.39 is 0 Å². The number of nitrogens with one attached hydrogen (secondary N) is 2. The minimum Gasteiger partial charge on any atom is -0.393 e. The van der Waals surface area contributed by atoms with E-state index in [0.29, 0.717) is 18.5 Å². The molecule has 0 bridgehead atoms. The molecule has 106 valence electrons. The fourth-order valence-corrected chi connectivity index (χ4v) is 2.58. The van der Waals surface area contributed by atoms with E-state index in [1.165, 1.54) is 0 Å². The third kappa shape index (κ3) is 2.44. The number of nitrogens with zero attached hydrogens (tertiary/aromatic N) is 3. The zero-order valence-electron chi connectivity index (χ0n) is 11.2. The van der Waals surface area contributed by atoms with Crippen molar-refractivity contribution in [3.63, 3.8) is 0 Å². The van der Waals surface area contributed by atoms with Crippen LogP contribution in [0.1, 0.15) is 34.9 Å². The van der Waals surface area contributed by atoms with Crippen LogP contribution in [0, 0.1) is 5.92 Å². The molecule has 2 aromatic rings. The Hall–Kier alpha value is -2.15. The summed E-state index contributed by atoms with van der Waals surface area (Å²) < 4.78 is 1.71. The first-order chi connectivity index (χ1) is 9.63. The van der Waals surface area contributed by atoms with Crippen LogP contribution < -0.4 is 5.32 Å². The van der Waals surface area contributed by atoms with E-state index in [2.05, 4.69) is 20.6 Å². The van der Waals surface area contributed by atoms with E-state index in [9.17, 15) is 9.90 Å². The Morgan fingerprint density at radius 2 is 2.40 bits per heavy atom. The van der Waals surface area contributed by atoms with E-state index in [1.54, 1.807) is 23.1 Å². The van der Waals surface area contributed by atoms with Gasteiger partial charge in [0.25, 0.3) is 5.91 Å². The standard InChI is InChI=1S/C13H17N5O2/c1-18-7-9(6-15-18)12(8-4-10(19)5-8)16-13(20)11-2-3-14-17-11/h2-3,6-8,10,12,19H,4-5H2,1H3,(H,14,17)(H,16,20). The van der Waals surface area contributed by atoms with Crippen LogP contribution in [0.15, 0.2) is 24.7 Å². The molecule has 0 saturated heterocycles. The second-order valence-corrected chi connectivity index (χ2v) is 5.25. The Balaban J connectivity index is 1.77. The van der Waals surface area contributed by atoms with Gasteiger partial charge in [-0.15, -0.1) is 0 Å². The first-order valence-corrected chi connectivity index (χ1v) is 6.60. The number of hydrogen-bond acceptors (Lipinski definition) is 4. The maximum atomic E-state index is 12.2. The summed E-state index contributed by atoms with van der Waals surface area (Å²) in [5, 5.41) is 23.1. The average molecular weight is 275 g/mol. The van der Waals surface area contributed by atoms with Crippen LogP contribution in [0.3, 0.4) is 0 Å². The number of aromatic nitrogens is 4. The third-order valence-electron chi connectivity index (χ3n) is 3.74. The minimum atomic E-state index is -0.261. The quantitative estimate of drug-likeness (QED) is 0.752. The maximum absolute atomic E-state index is 12.2. The molecule has 1 fully saturated rings. The third-order valence-corrected chi connectivity index (χ3v) is 3.74. The predicted molar refractivity (Wildman–Crippen MR) is 70.7 cm³/mol. The number of carbonyl (C=O) groups is 1. The summed E-state index contributed by atoms with van der Waals surface area (Å²) in [6, 6.07) is 1.49. The largest absolute Gasteiger partial charge is 0.393 e. The smallest absolute Gasteiger partial charge is 0.269 e. The summed E-state index contributed by atoms with van der Waals surface area (Å²) in [6.07, 6.45) is 6.32. The Kier molecular flexibility index (Phi) is 3.27. The van der Waals surface area contributed by atoms with Crippen LogP contribution in [0.2, 0.25) is 0 Å². The fourth-order valence-electron chi connectivity index (χ4n) is 2.58. The van der Waals surface area contributed by atoms with Gasteiger partial charge < -0.3 is 10.4 Å². The van der Waals surface area contributed by atoms with E-state index in [4.69, 9.17) is 0 Å². The van der Waals surface area contributed by atoms with Gasteiger partial charge in [0.2, 0.25) is 0 Å². The normalized spacial score (nSPS) is 23.1. The molecule has 0 radical (unpaired) electrons. The molecule has 7 nitrogen and oxygen atoms in total. The summed E-state index contributed by atoms with van der Waals surface area (Å²) in [5.74, 6) is 0.0406. The molecule has 1 aliphatic rings. The molecule has 2 heterocycles. The molecule has 0 aliphatic heterocycles. The van der Waals surface area contributed by atoms with Crippen molar-refractivity contribution in [2.45, 2.75) is 25.0 Å². The molecule has 3 rings (SSSR count). The number of amides is 1. The van der Waals surface area contributed by atoms with Crippen molar-refractivity contribution in [1.82, 2.24) is 25.3 Å². The monoisotopic (exact) mass is 275 g/mol. The molecular formula is C13H17N5O2. The van der Waals surface area contributed by atoms with Crippen molar-refractivity contribution in [1.29, 1.82) is 0 Å². The molecule has 1 aliphatic carbocycles. The molecule has 7 heteroatoms. The summed E-state index contributed by atoms with van der Waals surface area (Å²) >= 11 is 0. The lowest BCUT2D eigenvalue weighted by Crippen LogP contribution is -2.41. The first kappa shape index (κ1) is 12.9. The molecule has 0 aromatic carbocycles. The van der Waals surface area contributed by atoms with Crippen molar-refractivity contribution in [3.8, 4) is 0 Å². The Labute approximate surface area is 116 Å². The van der Waals surface area contributed by atoms with Gasteiger partial charge in [0.1, 0.15) is 5.69 Å². The molecule has 2 aromatic heterocycles. The fraction of sp³-hybridized carbons (Fsp3) is 0.462. The van der Waals surface area contributed by atoms with E-state index >= 15 is 0 Å². The number of hydrogen-bond donors (Lipinski definition) is 3. The van der Waals surface area contributed by atoms with Crippen molar-refractivity contribution < 1.29 is 9.90 Å². The van der Waals surface area contributed by atoms with Crippen molar-refractivity contribution in [3.05, 3.63) is 35.9 Å². The van der Waals surface area contributed by atoms with Crippen LogP contribution in [-0.4, -0.2) is 37.1 Å². The molecule has 1 amide bonds. The second kappa shape index (κ2) is 5.09.